The fourth-order valence-electron chi connectivity index (χ4n) is 2.82. The van der Waals surface area contributed by atoms with Gasteiger partial charge in [0.15, 0.2) is 0 Å². The number of rotatable bonds is 4. The summed E-state index contributed by atoms with van der Waals surface area (Å²) in [5, 5.41) is 17.9. The molecule has 0 aromatic carbocycles. The van der Waals surface area contributed by atoms with Gasteiger partial charge in [-0.05, 0) is 30.6 Å². The molecule has 14 heavy (non-hydrogen) atoms. The Balaban J connectivity index is 2.64. The first-order valence-corrected chi connectivity index (χ1v) is 5.73. The molecule has 0 heterocycles. The number of hydrogen-bond acceptors (Lipinski definition) is 2. The Morgan fingerprint density at radius 3 is 2.50 bits per heavy atom. The van der Waals surface area contributed by atoms with Gasteiger partial charge in [-0.25, -0.2) is 0 Å². The molecule has 0 radical (unpaired) electrons. The number of aliphatic hydroxyl groups is 1. The van der Waals surface area contributed by atoms with E-state index in [4.69, 9.17) is 10.4 Å². The van der Waals surface area contributed by atoms with E-state index >= 15 is 0 Å². The van der Waals surface area contributed by atoms with E-state index in [2.05, 4.69) is 13.0 Å². The van der Waals surface area contributed by atoms with Crippen molar-refractivity contribution in [1.29, 1.82) is 5.26 Å². The molecule has 0 saturated heterocycles. The van der Waals surface area contributed by atoms with Crippen LogP contribution in [-0.4, -0.2) is 11.7 Å². The largest absolute Gasteiger partial charge is 0.396 e. The molecule has 2 nitrogen and oxygen atoms in total. The van der Waals surface area contributed by atoms with Gasteiger partial charge >= 0.3 is 0 Å². The van der Waals surface area contributed by atoms with E-state index in [1.807, 2.05) is 0 Å². The van der Waals surface area contributed by atoms with Gasteiger partial charge in [0.2, 0.25) is 0 Å². The Kier molecular flexibility index (Phi) is 4.41. The average Bonchev–Trinajstić information content (AvgIpc) is 2.20. The zero-order chi connectivity index (χ0) is 10.4. The molecule has 0 aliphatic heterocycles. The molecule has 2 heteroatoms. The van der Waals surface area contributed by atoms with Crippen LogP contribution in [-0.2, 0) is 0 Å². The quantitative estimate of drug-likeness (QED) is 0.749. The molecule has 1 N–H and O–H groups in total. The Morgan fingerprint density at radius 1 is 1.36 bits per heavy atom. The van der Waals surface area contributed by atoms with Crippen molar-refractivity contribution in [1.82, 2.24) is 0 Å². The minimum absolute atomic E-state index is 0.267. The lowest BCUT2D eigenvalue weighted by Crippen LogP contribution is -2.32. The average molecular weight is 195 g/mol. The van der Waals surface area contributed by atoms with Crippen LogP contribution in [0, 0.1) is 22.7 Å². The fourth-order valence-corrected chi connectivity index (χ4v) is 2.82. The molecule has 80 valence electrons. The maximum atomic E-state index is 9.12. The SMILES string of the molecule is CC(CC#N)C1(CCO)CCCCC1. The van der Waals surface area contributed by atoms with Crippen molar-refractivity contribution < 1.29 is 5.11 Å². The molecule has 1 aliphatic carbocycles. The van der Waals surface area contributed by atoms with Crippen LogP contribution in [0.5, 0.6) is 0 Å². The van der Waals surface area contributed by atoms with Crippen molar-refractivity contribution in [2.24, 2.45) is 11.3 Å². The highest BCUT2D eigenvalue weighted by Crippen LogP contribution is 2.46. The Morgan fingerprint density at radius 2 is 2.00 bits per heavy atom. The van der Waals surface area contributed by atoms with E-state index < -0.39 is 0 Å². The first-order valence-electron chi connectivity index (χ1n) is 5.73. The van der Waals surface area contributed by atoms with E-state index in [0.717, 1.165) is 6.42 Å². The van der Waals surface area contributed by atoms with Crippen molar-refractivity contribution in [3.63, 3.8) is 0 Å². The van der Waals surface area contributed by atoms with Crippen LogP contribution < -0.4 is 0 Å². The summed E-state index contributed by atoms with van der Waals surface area (Å²) < 4.78 is 0. The lowest BCUT2D eigenvalue weighted by Gasteiger charge is -2.41. The predicted octanol–water partition coefficient (Wildman–Crippen LogP) is 2.87. The van der Waals surface area contributed by atoms with Crippen molar-refractivity contribution in [3.8, 4) is 6.07 Å². The van der Waals surface area contributed by atoms with Gasteiger partial charge in [-0.1, -0.05) is 26.2 Å². The summed E-state index contributed by atoms with van der Waals surface area (Å²) >= 11 is 0. The second-order valence-electron chi connectivity index (χ2n) is 4.66. The van der Waals surface area contributed by atoms with E-state index in [0.29, 0.717) is 12.3 Å². The minimum atomic E-state index is 0.267. The molecule has 1 unspecified atom stereocenters. The summed E-state index contributed by atoms with van der Waals surface area (Å²) in [6.07, 6.45) is 7.81. The highest BCUT2D eigenvalue weighted by atomic mass is 16.3. The van der Waals surface area contributed by atoms with Gasteiger partial charge in [0.05, 0.1) is 6.07 Å². The highest BCUT2D eigenvalue weighted by Gasteiger charge is 2.36. The zero-order valence-electron chi connectivity index (χ0n) is 9.13. The maximum Gasteiger partial charge on any atom is 0.0624 e. The number of aliphatic hydroxyl groups excluding tert-OH is 1. The van der Waals surface area contributed by atoms with E-state index in [-0.39, 0.29) is 12.0 Å². The van der Waals surface area contributed by atoms with Crippen molar-refractivity contribution in [2.45, 2.75) is 51.9 Å². The molecule has 1 rings (SSSR count). The van der Waals surface area contributed by atoms with Crippen LogP contribution >= 0.6 is 0 Å². The minimum Gasteiger partial charge on any atom is -0.396 e. The molecule has 0 aromatic rings. The Hall–Kier alpha value is -0.550. The number of nitriles is 1. The Labute approximate surface area is 86.9 Å². The summed E-state index contributed by atoms with van der Waals surface area (Å²) in [7, 11) is 0. The topological polar surface area (TPSA) is 44.0 Å². The van der Waals surface area contributed by atoms with Gasteiger partial charge in [0, 0.05) is 13.0 Å². The first kappa shape index (κ1) is 11.5. The smallest absolute Gasteiger partial charge is 0.0624 e. The van der Waals surface area contributed by atoms with Gasteiger partial charge in [-0.2, -0.15) is 5.26 Å². The molecule has 1 atom stereocenters. The second-order valence-corrected chi connectivity index (χ2v) is 4.66. The van der Waals surface area contributed by atoms with Crippen molar-refractivity contribution >= 4 is 0 Å². The first-order chi connectivity index (χ1) is 6.75. The maximum absolute atomic E-state index is 9.12. The summed E-state index contributed by atoms with van der Waals surface area (Å²) in [5.74, 6) is 0.444. The molecule has 1 saturated carbocycles. The molecular formula is C12H21NO. The monoisotopic (exact) mass is 195 g/mol. The van der Waals surface area contributed by atoms with E-state index in [1.165, 1.54) is 32.1 Å². The van der Waals surface area contributed by atoms with Crippen molar-refractivity contribution in [2.75, 3.05) is 6.61 Å². The van der Waals surface area contributed by atoms with Crippen LogP contribution in [0.2, 0.25) is 0 Å². The van der Waals surface area contributed by atoms with Gasteiger partial charge in [0.1, 0.15) is 0 Å². The standard InChI is InChI=1S/C12H21NO/c1-11(5-9-13)12(8-10-14)6-3-2-4-7-12/h11,14H,2-8,10H2,1H3. The summed E-state index contributed by atoms with van der Waals surface area (Å²) in [4.78, 5) is 0. The van der Waals surface area contributed by atoms with Crippen LogP contribution in [0.3, 0.4) is 0 Å². The number of nitrogens with zero attached hydrogens (tertiary/aromatic N) is 1. The Bertz CT molecular complexity index is 195. The molecule has 0 bridgehead atoms. The molecule has 0 spiro atoms. The summed E-state index contributed by atoms with van der Waals surface area (Å²) in [6, 6.07) is 2.27. The highest BCUT2D eigenvalue weighted by molar-refractivity contribution is 4.90. The lowest BCUT2D eigenvalue weighted by atomic mass is 9.64. The molecule has 0 amide bonds. The molecule has 0 aromatic heterocycles. The lowest BCUT2D eigenvalue weighted by molar-refractivity contribution is 0.0707. The normalized spacial score (nSPS) is 22.6. The third kappa shape index (κ3) is 2.48. The van der Waals surface area contributed by atoms with E-state index in [1.54, 1.807) is 0 Å². The van der Waals surface area contributed by atoms with Gasteiger partial charge in [-0.3, -0.25) is 0 Å². The zero-order valence-corrected chi connectivity index (χ0v) is 9.13. The van der Waals surface area contributed by atoms with Gasteiger partial charge < -0.3 is 5.11 Å². The summed E-state index contributed by atoms with van der Waals surface area (Å²) in [5.41, 5.74) is 0.267. The predicted molar refractivity (Wildman–Crippen MR) is 56.6 cm³/mol. The third-order valence-corrected chi connectivity index (χ3v) is 3.90. The van der Waals surface area contributed by atoms with Crippen molar-refractivity contribution in [3.05, 3.63) is 0 Å². The van der Waals surface area contributed by atoms with Crippen LogP contribution in [0.4, 0.5) is 0 Å². The van der Waals surface area contributed by atoms with Gasteiger partial charge in [0.25, 0.3) is 0 Å². The van der Waals surface area contributed by atoms with Crippen LogP contribution in [0.1, 0.15) is 51.9 Å². The van der Waals surface area contributed by atoms with E-state index in [9.17, 15) is 0 Å². The van der Waals surface area contributed by atoms with Crippen LogP contribution in [0.15, 0.2) is 0 Å². The number of hydrogen-bond donors (Lipinski definition) is 1. The third-order valence-electron chi connectivity index (χ3n) is 3.90. The second kappa shape index (κ2) is 5.36. The summed E-state index contributed by atoms with van der Waals surface area (Å²) in [6.45, 7) is 2.44. The molecule has 1 fully saturated rings. The van der Waals surface area contributed by atoms with Crippen LogP contribution in [0.25, 0.3) is 0 Å². The fraction of sp³-hybridized carbons (Fsp3) is 0.917. The molecule has 1 aliphatic rings. The molecular weight excluding hydrogens is 174 g/mol. The van der Waals surface area contributed by atoms with Gasteiger partial charge in [-0.15, -0.1) is 0 Å².